The number of aromatic nitrogens is 2. The average Bonchev–Trinajstić information content (AvgIpc) is 2.77. The van der Waals surface area contributed by atoms with Crippen molar-refractivity contribution in [3.63, 3.8) is 0 Å². The van der Waals surface area contributed by atoms with Gasteiger partial charge >= 0.3 is 22.2 Å². The Balaban J connectivity index is 2.01. The lowest BCUT2D eigenvalue weighted by Crippen LogP contribution is -2.39. The van der Waals surface area contributed by atoms with Crippen molar-refractivity contribution in [2.45, 2.75) is 24.0 Å². The summed E-state index contributed by atoms with van der Waals surface area (Å²) in [5.74, 6) is -8.17. The Morgan fingerprint density at radius 1 is 1.08 bits per heavy atom. The minimum Gasteiger partial charge on any atom is -0.378 e. The van der Waals surface area contributed by atoms with Crippen molar-refractivity contribution in [2.24, 2.45) is 0 Å². The molecule has 36 heavy (non-hydrogen) atoms. The van der Waals surface area contributed by atoms with Crippen LogP contribution in [0, 0.1) is 17.5 Å². The molecule has 0 aliphatic heterocycles. The van der Waals surface area contributed by atoms with Gasteiger partial charge in [0.15, 0.2) is 10.7 Å². The smallest absolute Gasteiger partial charge is 0.378 e. The summed E-state index contributed by atoms with van der Waals surface area (Å²) in [6, 6.07) is 4.41. The molecule has 0 aliphatic carbocycles. The number of anilines is 2. The molecule has 2 aromatic carbocycles. The van der Waals surface area contributed by atoms with Crippen LogP contribution in [-0.2, 0) is 19.7 Å². The molecule has 3 aromatic rings. The zero-order chi connectivity index (χ0) is 26.8. The van der Waals surface area contributed by atoms with Crippen LogP contribution in [0.4, 0.5) is 37.8 Å². The molecule has 0 amide bonds. The van der Waals surface area contributed by atoms with Crippen molar-refractivity contribution < 1.29 is 44.4 Å². The lowest BCUT2D eigenvalue weighted by Gasteiger charge is -2.23. The van der Waals surface area contributed by atoms with Gasteiger partial charge in [-0.3, -0.25) is 0 Å². The van der Waals surface area contributed by atoms with Gasteiger partial charge in [0.05, 0.1) is 6.04 Å². The van der Waals surface area contributed by atoms with E-state index in [0.717, 1.165) is 12.3 Å². The minimum absolute atomic E-state index is 0.0222. The molecule has 0 saturated carbocycles. The molecule has 1 aromatic heterocycles. The van der Waals surface area contributed by atoms with Crippen molar-refractivity contribution in [1.82, 2.24) is 9.97 Å². The van der Waals surface area contributed by atoms with Crippen LogP contribution in [0.1, 0.15) is 18.5 Å². The van der Waals surface area contributed by atoms with Gasteiger partial charge in [0.25, 0.3) is 0 Å². The van der Waals surface area contributed by atoms with Gasteiger partial charge in [-0.2, -0.15) is 21.6 Å². The molecule has 3 rings (SSSR count). The van der Waals surface area contributed by atoms with Crippen LogP contribution in [0.15, 0.2) is 53.8 Å². The van der Waals surface area contributed by atoms with Crippen LogP contribution in [0.2, 0.25) is 5.02 Å². The molecule has 192 valence electrons. The Hall–Kier alpha value is -3.59. The van der Waals surface area contributed by atoms with Gasteiger partial charge < -0.3 is 10.2 Å². The maximum atomic E-state index is 14.9. The van der Waals surface area contributed by atoms with Crippen molar-refractivity contribution >= 4 is 39.1 Å². The highest BCUT2D eigenvalue weighted by Crippen LogP contribution is 2.32. The summed E-state index contributed by atoms with van der Waals surface area (Å²) in [6.07, 6.45) is -4.09. The average molecular weight is 555 g/mol. The number of alkyl halides is 3. The fourth-order valence-corrected chi connectivity index (χ4v) is 4.36. The third-order valence-electron chi connectivity index (χ3n) is 4.43. The monoisotopic (exact) mass is 554 g/mol. The van der Waals surface area contributed by atoms with Gasteiger partial charge in [0.1, 0.15) is 23.8 Å². The Labute approximate surface area is 204 Å². The second-order valence-corrected chi connectivity index (χ2v) is 9.10. The zero-order valence-corrected chi connectivity index (χ0v) is 19.3. The number of hydrogen-bond donors (Lipinski definition) is 1. The standard InChI is InChI=1S/C20H13ClF6N4O4S/c1-10(13-6-11(21)2-3-14(13)22)30-12-7-15(23)18(16(24)8-12)36(33,34)31(17-4-5-28-9-29-17)35-19(32)20(25,26)27/h2-10,30H,1H3/t10-/m0/s1. The van der Waals surface area contributed by atoms with E-state index < -0.39 is 60.8 Å². The number of rotatable bonds is 7. The van der Waals surface area contributed by atoms with E-state index >= 15 is 0 Å². The maximum Gasteiger partial charge on any atom is 0.493 e. The number of carbonyl (C=O) groups is 1. The quantitative estimate of drug-likeness (QED) is 0.326. The Bertz CT molecular complexity index is 1370. The van der Waals surface area contributed by atoms with Crippen molar-refractivity contribution in [3.05, 3.63) is 77.0 Å². The lowest BCUT2D eigenvalue weighted by molar-refractivity contribution is -0.199. The number of halogens is 7. The highest BCUT2D eigenvalue weighted by atomic mass is 35.5. The molecule has 0 aliphatic rings. The second-order valence-electron chi connectivity index (χ2n) is 6.98. The SMILES string of the molecule is C[C@H](Nc1cc(F)c(S(=O)(=O)N(OC(=O)C(F)(F)F)c2ccncn2)c(F)c1)c1cc(Cl)ccc1F. The van der Waals surface area contributed by atoms with Gasteiger partial charge in [-0.15, -0.1) is 0 Å². The third kappa shape index (κ3) is 5.79. The summed E-state index contributed by atoms with van der Waals surface area (Å²) in [4.78, 5) is 20.3. The molecule has 0 fully saturated rings. The van der Waals surface area contributed by atoms with Crippen LogP contribution in [-0.4, -0.2) is 30.5 Å². The van der Waals surface area contributed by atoms with E-state index in [1.807, 2.05) is 0 Å². The number of carbonyl (C=O) groups excluding carboxylic acids is 1. The number of hydrogen-bond acceptors (Lipinski definition) is 7. The first-order valence-corrected chi connectivity index (χ1v) is 11.3. The molecule has 0 unspecified atom stereocenters. The van der Waals surface area contributed by atoms with Crippen molar-refractivity contribution in [2.75, 3.05) is 9.79 Å². The first-order chi connectivity index (χ1) is 16.7. The summed E-state index contributed by atoms with van der Waals surface area (Å²) in [6.45, 7) is 1.42. The van der Waals surface area contributed by atoms with E-state index in [1.165, 1.54) is 19.1 Å². The lowest BCUT2D eigenvalue weighted by atomic mass is 10.1. The van der Waals surface area contributed by atoms with Crippen LogP contribution in [0.3, 0.4) is 0 Å². The molecule has 1 atom stereocenters. The fraction of sp³-hybridized carbons (Fsp3) is 0.150. The Morgan fingerprint density at radius 2 is 1.72 bits per heavy atom. The molecular weight excluding hydrogens is 542 g/mol. The molecule has 0 radical (unpaired) electrons. The fourth-order valence-electron chi connectivity index (χ4n) is 2.88. The predicted octanol–water partition coefficient (Wildman–Crippen LogP) is 4.94. The van der Waals surface area contributed by atoms with E-state index in [1.54, 1.807) is 0 Å². The minimum atomic E-state index is -5.66. The van der Waals surface area contributed by atoms with Crippen LogP contribution < -0.4 is 9.79 Å². The zero-order valence-electron chi connectivity index (χ0n) is 17.7. The summed E-state index contributed by atoms with van der Waals surface area (Å²) >= 11 is 5.83. The van der Waals surface area contributed by atoms with Crippen LogP contribution in [0.25, 0.3) is 0 Å². The van der Waals surface area contributed by atoms with Crippen LogP contribution >= 0.6 is 11.6 Å². The Kier molecular flexibility index (Phi) is 7.64. The molecule has 1 heterocycles. The van der Waals surface area contributed by atoms with E-state index in [9.17, 15) is 39.6 Å². The largest absolute Gasteiger partial charge is 0.493 e. The normalized spacial score (nSPS) is 12.7. The summed E-state index contributed by atoms with van der Waals surface area (Å²) < 4.78 is 107. The number of nitrogens with zero attached hydrogens (tertiary/aromatic N) is 3. The molecule has 0 spiro atoms. The molecular formula is C20H13ClF6N4O4S. The molecule has 0 bridgehead atoms. The predicted molar refractivity (Wildman–Crippen MR) is 114 cm³/mol. The summed E-state index contributed by atoms with van der Waals surface area (Å²) in [7, 11) is -5.64. The highest BCUT2D eigenvalue weighted by Gasteiger charge is 2.46. The van der Waals surface area contributed by atoms with E-state index in [4.69, 9.17) is 11.6 Å². The topological polar surface area (TPSA) is 101 Å². The van der Waals surface area contributed by atoms with Crippen molar-refractivity contribution in [3.8, 4) is 0 Å². The summed E-state index contributed by atoms with van der Waals surface area (Å²) in [5, 5.41) is 2.74. The third-order valence-corrected chi connectivity index (χ3v) is 6.27. The second kappa shape index (κ2) is 10.2. The van der Waals surface area contributed by atoms with Crippen molar-refractivity contribution in [1.29, 1.82) is 0 Å². The van der Waals surface area contributed by atoms with Gasteiger partial charge in [-0.1, -0.05) is 16.1 Å². The maximum absolute atomic E-state index is 14.9. The molecule has 8 nitrogen and oxygen atoms in total. The van der Waals surface area contributed by atoms with Gasteiger partial charge in [-0.25, -0.2) is 27.9 Å². The number of sulfonamides is 1. The van der Waals surface area contributed by atoms with Gasteiger partial charge in [-0.05, 0) is 37.3 Å². The first kappa shape index (κ1) is 27.0. The van der Waals surface area contributed by atoms with Crippen LogP contribution in [0.5, 0.6) is 0 Å². The number of benzene rings is 2. The van der Waals surface area contributed by atoms with E-state index in [2.05, 4.69) is 20.1 Å². The molecule has 16 heteroatoms. The summed E-state index contributed by atoms with van der Waals surface area (Å²) in [5.41, 5.74) is -0.328. The van der Waals surface area contributed by atoms with E-state index in [0.29, 0.717) is 24.5 Å². The van der Waals surface area contributed by atoms with Gasteiger partial charge in [0, 0.05) is 28.5 Å². The van der Waals surface area contributed by atoms with Gasteiger partial charge in [0.2, 0.25) is 0 Å². The highest BCUT2D eigenvalue weighted by molar-refractivity contribution is 7.92. The molecule has 1 N–H and O–H groups in total. The first-order valence-electron chi connectivity index (χ1n) is 9.52. The number of nitrogens with one attached hydrogen (secondary N) is 1. The molecule has 0 saturated heterocycles. The van der Waals surface area contributed by atoms with E-state index in [-0.39, 0.29) is 16.3 Å². The Morgan fingerprint density at radius 3 is 2.28 bits per heavy atom.